The number of carbonyl (C=O) groups excluding carboxylic acids is 1. The molecule has 1 aliphatic rings. The van der Waals surface area contributed by atoms with E-state index >= 15 is 0 Å². The molecule has 3 aromatic rings. The first kappa shape index (κ1) is 29.5. The van der Waals surface area contributed by atoms with E-state index < -0.39 is 32.5 Å². The molecule has 1 heterocycles. The molecule has 0 saturated carbocycles. The van der Waals surface area contributed by atoms with Crippen molar-refractivity contribution in [2.24, 2.45) is 0 Å². The largest absolute Gasteiger partial charge is 0.325 e. The second-order valence-corrected chi connectivity index (χ2v) is 13.9. The molecule has 39 heavy (non-hydrogen) atoms. The number of hydrogen-bond acceptors (Lipinski definition) is 6. The van der Waals surface area contributed by atoms with Crippen molar-refractivity contribution in [1.29, 1.82) is 0 Å². The van der Waals surface area contributed by atoms with E-state index in [-0.39, 0.29) is 16.3 Å². The summed E-state index contributed by atoms with van der Waals surface area (Å²) in [6, 6.07) is 18.2. The van der Waals surface area contributed by atoms with Crippen LogP contribution in [0.3, 0.4) is 0 Å². The summed E-state index contributed by atoms with van der Waals surface area (Å²) in [4.78, 5) is 15.1. The van der Waals surface area contributed by atoms with E-state index in [4.69, 9.17) is 23.2 Å². The highest BCUT2D eigenvalue weighted by molar-refractivity contribution is 7.89. The molecule has 1 saturated heterocycles. The Morgan fingerprint density at radius 3 is 2.08 bits per heavy atom. The normalized spacial score (nSPS) is 15.4. The second-order valence-electron chi connectivity index (χ2n) is 9.14. The van der Waals surface area contributed by atoms with Crippen LogP contribution in [-0.2, 0) is 31.4 Å². The molecule has 0 aromatic heterocycles. The Hall–Kier alpha value is -2.51. The molecule has 0 atom stereocenters. The van der Waals surface area contributed by atoms with Crippen LogP contribution < -0.4 is 5.32 Å². The van der Waals surface area contributed by atoms with Gasteiger partial charge in [-0.25, -0.2) is 16.8 Å². The molecule has 3 aromatic carbocycles. The van der Waals surface area contributed by atoms with Gasteiger partial charge in [0.25, 0.3) is 0 Å². The molecule has 0 bridgehead atoms. The summed E-state index contributed by atoms with van der Waals surface area (Å²) in [5, 5.41) is 3.48. The number of likely N-dealkylation sites (N-methyl/N-ethyl adjacent to an activating group) is 1. The van der Waals surface area contributed by atoms with Crippen LogP contribution >= 0.6 is 23.2 Å². The molecule has 13 heteroatoms. The number of amides is 1. The van der Waals surface area contributed by atoms with Crippen molar-refractivity contribution in [3.05, 3.63) is 88.4 Å². The van der Waals surface area contributed by atoms with Gasteiger partial charge in [-0.05, 0) is 73.3 Å². The number of rotatable bonds is 9. The van der Waals surface area contributed by atoms with Crippen molar-refractivity contribution in [3.8, 4) is 0 Å². The standard InChI is InChI=1S/C26H28Cl2N4O5S2/c1-30-13-15-31(16-14-30)38(34,35)25-11-7-23(8-12-25)29-26(33)19-32(18-20-3-2-4-22(28)17-20)39(36,37)24-9-5-21(27)6-10-24/h2-12,17H,13-16,18-19H2,1H3,(H,29,33). The van der Waals surface area contributed by atoms with Crippen LogP contribution in [0.25, 0.3) is 0 Å². The lowest BCUT2D eigenvalue weighted by molar-refractivity contribution is -0.116. The van der Waals surface area contributed by atoms with E-state index in [1.165, 1.54) is 52.8 Å². The molecule has 4 rings (SSSR count). The molecule has 0 spiro atoms. The van der Waals surface area contributed by atoms with E-state index in [1.807, 2.05) is 7.05 Å². The molecule has 1 aliphatic heterocycles. The number of benzene rings is 3. The molecule has 9 nitrogen and oxygen atoms in total. The SMILES string of the molecule is CN1CCN(S(=O)(=O)c2ccc(NC(=O)CN(Cc3cccc(Cl)c3)S(=O)(=O)c3ccc(Cl)cc3)cc2)CC1. The first-order valence-electron chi connectivity index (χ1n) is 12.0. The van der Waals surface area contributed by atoms with Gasteiger partial charge in [0, 0.05) is 48.5 Å². The molecule has 0 unspecified atom stereocenters. The molecule has 1 N–H and O–H groups in total. The van der Waals surface area contributed by atoms with Crippen LogP contribution in [0.2, 0.25) is 10.0 Å². The lowest BCUT2D eigenvalue weighted by Gasteiger charge is -2.31. The van der Waals surface area contributed by atoms with Gasteiger partial charge < -0.3 is 10.2 Å². The Balaban J connectivity index is 1.50. The number of piperazine rings is 1. The fraction of sp³-hybridized carbons (Fsp3) is 0.269. The molecule has 208 valence electrons. The number of anilines is 1. The Morgan fingerprint density at radius 2 is 1.46 bits per heavy atom. The first-order chi connectivity index (χ1) is 18.4. The summed E-state index contributed by atoms with van der Waals surface area (Å²) >= 11 is 12.0. The molecular formula is C26H28Cl2N4O5S2. The van der Waals surface area contributed by atoms with E-state index in [1.54, 1.807) is 24.3 Å². The topological polar surface area (TPSA) is 107 Å². The Bertz CT molecular complexity index is 1530. The van der Waals surface area contributed by atoms with Crippen LogP contribution in [-0.4, -0.2) is 76.0 Å². The van der Waals surface area contributed by atoms with Crippen molar-refractivity contribution in [1.82, 2.24) is 13.5 Å². The lowest BCUT2D eigenvalue weighted by atomic mass is 10.2. The van der Waals surface area contributed by atoms with Gasteiger partial charge in [-0.2, -0.15) is 8.61 Å². The van der Waals surface area contributed by atoms with Crippen molar-refractivity contribution in [2.45, 2.75) is 16.3 Å². The maximum atomic E-state index is 13.4. The highest BCUT2D eigenvalue weighted by atomic mass is 35.5. The quantitative estimate of drug-likeness (QED) is 0.395. The third-order valence-corrected chi connectivity index (χ3v) is 10.5. The van der Waals surface area contributed by atoms with Gasteiger partial charge in [0.05, 0.1) is 16.3 Å². The van der Waals surface area contributed by atoms with Crippen LogP contribution in [0.4, 0.5) is 5.69 Å². The van der Waals surface area contributed by atoms with E-state index in [0.29, 0.717) is 47.5 Å². The average Bonchev–Trinajstić information content (AvgIpc) is 2.89. The van der Waals surface area contributed by atoms with E-state index in [0.717, 1.165) is 4.31 Å². The number of halogens is 2. The summed E-state index contributed by atoms with van der Waals surface area (Å²) in [5.41, 5.74) is 0.940. The smallest absolute Gasteiger partial charge is 0.243 e. The maximum absolute atomic E-state index is 13.4. The van der Waals surface area contributed by atoms with Gasteiger partial charge in [-0.1, -0.05) is 35.3 Å². The summed E-state index contributed by atoms with van der Waals surface area (Å²) < 4.78 is 55.3. The number of nitrogens with one attached hydrogen (secondary N) is 1. The average molecular weight is 612 g/mol. The van der Waals surface area contributed by atoms with E-state index in [2.05, 4.69) is 10.2 Å². The molecular weight excluding hydrogens is 583 g/mol. The van der Waals surface area contributed by atoms with Crippen LogP contribution in [0, 0.1) is 0 Å². The highest BCUT2D eigenvalue weighted by Crippen LogP contribution is 2.23. The highest BCUT2D eigenvalue weighted by Gasteiger charge is 2.29. The lowest BCUT2D eigenvalue weighted by Crippen LogP contribution is -2.46. The third-order valence-electron chi connectivity index (χ3n) is 6.26. The Kier molecular flexibility index (Phi) is 9.33. The Labute approximate surface area is 239 Å². The minimum absolute atomic E-state index is 0.0137. The van der Waals surface area contributed by atoms with Gasteiger partial charge in [0.2, 0.25) is 26.0 Å². The second kappa shape index (κ2) is 12.3. The van der Waals surface area contributed by atoms with E-state index in [9.17, 15) is 21.6 Å². The van der Waals surface area contributed by atoms with Crippen molar-refractivity contribution in [2.75, 3.05) is 45.1 Å². The number of sulfonamides is 2. The summed E-state index contributed by atoms with van der Waals surface area (Å²) in [7, 11) is -5.79. The van der Waals surface area contributed by atoms with Gasteiger partial charge in [-0.3, -0.25) is 4.79 Å². The predicted octanol–water partition coefficient (Wildman–Crippen LogP) is 3.76. The molecule has 1 amide bonds. The fourth-order valence-corrected chi connectivity index (χ4v) is 7.21. The van der Waals surface area contributed by atoms with Crippen molar-refractivity contribution < 1.29 is 21.6 Å². The van der Waals surface area contributed by atoms with Crippen molar-refractivity contribution in [3.63, 3.8) is 0 Å². The summed E-state index contributed by atoms with van der Waals surface area (Å²) in [6.07, 6.45) is 0. The van der Waals surface area contributed by atoms with Crippen LogP contribution in [0.1, 0.15) is 5.56 Å². The predicted molar refractivity (Wildman–Crippen MR) is 152 cm³/mol. The van der Waals surface area contributed by atoms with Gasteiger partial charge >= 0.3 is 0 Å². The summed E-state index contributed by atoms with van der Waals surface area (Å²) in [6.45, 7) is 1.53. The van der Waals surface area contributed by atoms with Gasteiger partial charge in [0.15, 0.2) is 0 Å². The minimum Gasteiger partial charge on any atom is -0.325 e. The first-order valence-corrected chi connectivity index (χ1v) is 15.7. The number of nitrogens with zero attached hydrogens (tertiary/aromatic N) is 3. The van der Waals surface area contributed by atoms with Crippen molar-refractivity contribution >= 4 is 54.8 Å². The zero-order valence-corrected chi connectivity index (χ0v) is 24.3. The zero-order chi connectivity index (χ0) is 28.2. The Morgan fingerprint density at radius 1 is 0.846 bits per heavy atom. The minimum atomic E-state index is -4.08. The number of carbonyl (C=O) groups is 1. The third kappa shape index (κ3) is 7.37. The molecule has 1 fully saturated rings. The van der Waals surface area contributed by atoms with Gasteiger partial charge in [0.1, 0.15) is 0 Å². The maximum Gasteiger partial charge on any atom is 0.243 e. The van der Waals surface area contributed by atoms with Gasteiger partial charge in [-0.15, -0.1) is 0 Å². The summed E-state index contributed by atoms with van der Waals surface area (Å²) in [5.74, 6) is -0.593. The zero-order valence-electron chi connectivity index (χ0n) is 21.1. The fourth-order valence-electron chi connectivity index (χ4n) is 4.07. The van der Waals surface area contributed by atoms with Crippen LogP contribution in [0.15, 0.2) is 82.6 Å². The monoisotopic (exact) mass is 610 g/mol. The number of hydrogen-bond donors (Lipinski definition) is 1. The van der Waals surface area contributed by atoms with Crippen LogP contribution in [0.5, 0.6) is 0 Å². The molecule has 0 aliphatic carbocycles. The molecule has 0 radical (unpaired) electrons.